The average molecular weight is 116 g/mol. The minimum atomic E-state index is -1.48. The molecule has 0 bridgehead atoms. The number of halogens is 1. The van der Waals surface area contributed by atoms with Crippen LogP contribution in [-0.4, -0.2) is 43.8 Å². The second kappa shape index (κ2) is 5.60. The zero-order chi connectivity index (χ0) is 4.28. The van der Waals surface area contributed by atoms with Gasteiger partial charge in [-0.2, -0.15) is 4.39 Å². The molecule has 0 amide bonds. The largest absolute Gasteiger partial charge is 2.00 e. The van der Waals surface area contributed by atoms with Gasteiger partial charge in [0.2, 0.25) is 0 Å². The predicted octanol–water partition coefficient (Wildman–Crippen LogP) is 0.513. The van der Waals surface area contributed by atoms with Crippen molar-refractivity contribution in [3.63, 3.8) is 0 Å². The Kier molecular flexibility index (Phi) is 9.13. The molecule has 0 heterocycles. The Morgan fingerprint density at radius 2 is 2.17 bits per heavy atom. The number of allylic oxidation sites excluding steroid dienone is 1. The zero-order valence-corrected chi connectivity index (χ0v) is 5.49. The molecule has 0 N–H and O–H groups in total. The first-order valence-electron chi connectivity index (χ1n) is 1.09. The van der Waals surface area contributed by atoms with E-state index in [9.17, 15) is 4.39 Å². The predicted molar refractivity (Wildman–Crippen MR) is 24.3 cm³/mol. The van der Waals surface area contributed by atoms with E-state index >= 15 is 0 Å². The van der Waals surface area contributed by atoms with Gasteiger partial charge in [-0.15, -0.1) is 0 Å². The van der Waals surface area contributed by atoms with Crippen LogP contribution in [0, 0.1) is 0 Å². The van der Waals surface area contributed by atoms with Crippen LogP contribution in [-0.2, 0) is 4.79 Å². The van der Waals surface area contributed by atoms with E-state index in [0.29, 0.717) is 6.08 Å². The standard InChI is InChI=1S/C3H3FO.Ca.2H/c1-2-3(4)5;;;/h2H,1H2;;;/q;+2;2*-1. The van der Waals surface area contributed by atoms with Gasteiger partial charge in [-0.3, -0.25) is 4.79 Å². The molecule has 0 radical (unpaired) electrons. The Balaban J connectivity index is -0.0000000267. The molecule has 0 atom stereocenters. The molecule has 0 unspecified atom stereocenters. The SMILES string of the molecule is C=CC(=O)F.[Ca+2].[H-].[H-]. The topological polar surface area (TPSA) is 17.1 Å². The molecule has 0 rings (SSSR count). The summed E-state index contributed by atoms with van der Waals surface area (Å²) in [7, 11) is 0. The van der Waals surface area contributed by atoms with Gasteiger partial charge in [-0.25, -0.2) is 0 Å². The Labute approximate surface area is 68.2 Å². The molecule has 6 heavy (non-hydrogen) atoms. The van der Waals surface area contributed by atoms with Crippen LogP contribution in [0.3, 0.4) is 0 Å². The fourth-order valence-corrected chi connectivity index (χ4v) is 0. The van der Waals surface area contributed by atoms with Gasteiger partial charge in [0.1, 0.15) is 0 Å². The van der Waals surface area contributed by atoms with E-state index < -0.39 is 6.04 Å². The van der Waals surface area contributed by atoms with Crippen LogP contribution in [0.15, 0.2) is 12.7 Å². The van der Waals surface area contributed by atoms with Gasteiger partial charge in [-0.1, -0.05) is 6.58 Å². The maximum atomic E-state index is 10.7. The monoisotopic (exact) mass is 116 g/mol. The summed E-state index contributed by atoms with van der Waals surface area (Å²) < 4.78 is 10.7. The van der Waals surface area contributed by atoms with Crippen LogP contribution < -0.4 is 0 Å². The van der Waals surface area contributed by atoms with Crippen molar-refractivity contribution >= 4 is 43.8 Å². The minimum absolute atomic E-state index is 0. The number of carbonyl (C=O) groups excluding carboxylic acids is 1. The normalized spacial score (nSPS) is 5.50. The molecule has 1 nitrogen and oxygen atoms in total. The summed E-state index contributed by atoms with van der Waals surface area (Å²) in [4.78, 5) is 9.03. The fourth-order valence-electron chi connectivity index (χ4n) is 0. The average Bonchev–Trinajstić information content (AvgIpc) is 1.38. The summed E-state index contributed by atoms with van der Waals surface area (Å²) in [6, 6.07) is -1.48. The van der Waals surface area contributed by atoms with Crippen LogP contribution in [0.1, 0.15) is 2.85 Å². The van der Waals surface area contributed by atoms with E-state index in [1.807, 2.05) is 0 Å². The van der Waals surface area contributed by atoms with Gasteiger partial charge in [0.15, 0.2) is 0 Å². The van der Waals surface area contributed by atoms with E-state index in [0.717, 1.165) is 0 Å². The maximum Gasteiger partial charge on any atom is 2.00 e. The van der Waals surface area contributed by atoms with Crippen LogP contribution >= 0.6 is 0 Å². The summed E-state index contributed by atoms with van der Waals surface area (Å²) in [5.74, 6) is 0. The van der Waals surface area contributed by atoms with Gasteiger partial charge >= 0.3 is 43.8 Å². The van der Waals surface area contributed by atoms with Crippen LogP contribution in [0.2, 0.25) is 0 Å². The van der Waals surface area contributed by atoms with Gasteiger partial charge in [0.05, 0.1) is 0 Å². The molecule has 0 spiro atoms. The van der Waals surface area contributed by atoms with E-state index in [1.165, 1.54) is 0 Å². The van der Waals surface area contributed by atoms with Gasteiger partial charge in [0, 0.05) is 6.08 Å². The molecule has 3 heteroatoms. The van der Waals surface area contributed by atoms with Crippen molar-refractivity contribution < 1.29 is 12.0 Å². The summed E-state index contributed by atoms with van der Waals surface area (Å²) >= 11 is 0. The Bertz CT molecular complexity index is 68.3. The maximum absolute atomic E-state index is 10.7. The van der Waals surface area contributed by atoms with Crippen molar-refractivity contribution in [2.45, 2.75) is 0 Å². The molecule has 0 aliphatic heterocycles. The number of hydrogen-bond acceptors (Lipinski definition) is 1. The van der Waals surface area contributed by atoms with Gasteiger partial charge < -0.3 is 2.85 Å². The second-order valence-corrected chi connectivity index (χ2v) is 0.508. The van der Waals surface area contributed by atoms with Crippen LogP contribution in [0.5, 0.6) is 0 Å². The molecule has 0 aromatic carbocycles. The zero-order valence-electron chi connectivity index (χ0n) is 5.28. The fraction of sp³-hybridized carbons (Fsp3) is 0. The second-order valence-electron chi connectivity index (χ2n) is 0.508. The minimum Gasteiger partial charge on any atom is -1.00 e. The van der Waals surface area contributed by atoms with E-state index in [2.05, 4.69) is 6.58 Å². The van der Waals surface area contributed by atoms with Crippen molar-refractivity contribution in [3.8, 4) is 0 Å². The molecular formula is C3H5CaFO. The van der Waals surface area contributed by atoms with Crippen molar-refractivity contribution in [1.82, 2.24) is 0 Å². The summed E-state index contributed by atoms with van der Waals surface area (Å²) in [6.07, 6.45) is 0.611. The number of rotatable bonds is 1. The van der Waals surface area contributed by atoms with Gasteiger partial charge in [0.25, 0.3) is 0 Å². The molecule has 0 saturated carbocycles. The third-order valence-corrected chi connectivity index (χ3v) is 0.160. The third kappa shape index (κ3) is 8.82. The quantitative estimate of drug-likeness (QED) is 0.277. The smallest absolute Gasteiger partial charge is 1.00 e. The first kappa shape index (κ1) is 9.78. The number of carbonyl (C=O) groups is 1. The van der Waals surface area contributed by atoms with Crippen molar-refractivity contribution in [3.05, 3.63) is 12.7 Å². The first-order chi connectivity index (χ1) is 2.27. The molecule has 0 saturated heterocycles. The van der Waals surface area contributed by atoms with Crippen LogP contribution in [0.25, 0.3) is 0 Å². The molecule has 32 valence electrons. The van der Waals surface area contributed by atoms with E-state index in [4.69, 9.17) is 4.79 Å². The summed E-state index contributed by atoms with van der Waals surface area (Å²) in [6.45, 7) is 2.84. The summed E-state index contributed by atoms with van der Waals surface area (Å²) in [5, 5.41) is 0. The molecule has 0 aromatic heterocycles. The van der Waals surface area contributed by atoms with Crippen molar-refractivity contribution in [2.24, 2.45) is 0 Å². The Morgan fingerprint density at radius 1 is 2.00 bits per heavy atom. The molecule has 0 fully saturated rings. The third-order valence-electron chi connectivity index (χ3n) is 0.160. The first-order valence-corrected chi connectivity index (χ1v) is 1.09. The molecular weight excluding hydrogens is 111 g/mol. The van der Waals surface area contributed by atoms with Crippen molar-refractivity contribution in [1.29, 1.82) is 0 Å². The molecule has 0 aliphatic carbocycles. The molecule has 0 aliphatic rings. The Hall–Kier alpha value is 0.600. The van der Waals surface area contributed by atoms with E-state index in [1.54, 1.807) is 0 Å². The Morgan fingerprint density at radius 3 is 2.17 bits per heavy atom. The molecule has 0 aromatic rings. The van der Waals surface area contributed by atoms with Crippen LogP contribution in [0.4, 0.5) is 4.39 Å². The van der Waals surface area contributed by atoms with E-state index in [-0.39, 0.29) is 40.6 Å². The van der Waals surface area contributed by atoms with Gasteiger partial charge in [-0.05, 0) is 0 Å². The van der Waals surface area contributed by atoms with Crippen molar-refractivity contribution in [2.75, 3.05) is 0 Å². The number of hydrogen-bond donors (Lipinski definition) is 0. The summed E-state index contributed by atoms with van der Waals surface area (Å²) in [5.41, 5.74) is 0.